The van der Waals surface area contributed by atoms with Gasteiger partial charge in [0.2, 0.25) is 0 Å². The van der Waals surface area contributed by atoms with E-state index < -0.39 is 0 Å². The highest BCUT2D eigenvalue weighted by Crippen LogP contribution is 2.34. The maximum Gasteiger partial charge on any atom is 0.129 e. The number of hydrogen-bond acceptors (Lipinski definition) is 4. The van der Waals surface area contributed by atoms with E-state index in [1.165, 1.54) is 12.8 Å². The summed E-state index contributed by atoms with van der Waals surface area (Å²) in [6.07, 6.45) is 4.34. The van der Waals surface area contributed by atoms with Gasteiger partial charge in [-0.15, -0.1) is 11.3 Å². The molecule has 1 saturated heterocycles. The van der Waals surface area contributed by atoms with Crippen LogP contribution in [0.4, 0.5) is 5.82 Å². The first-order chi connectivity index (χ1) is 11.7. The van der Waals surface area contributed by atoms with Gasteiger partial charge < -0.3 is 4.90 Å². The van der Waals surface area contributed by atoms with E-state index in [9.17, 15) is 0 Å². The van der Waals surface area contributed by atoms with Crippen LogP contribution in [0, 0.1) is 0 Å². The van der Waals surface area contributed by atoms with E-state index in [1.54, 1.807) is 17.4 Å². The van der Waals surface area contributed by atoms with Crippen LogP contribution in [0.1, 0.15) is 12.8 Å². The van der Waals surface area contributed by atoms with Crippen molar-refractivity contribution in [1.82, 2.24) is 9.97 Å². The minimum Gasteiger partial charge on any atom is -0.357 e. The van der Waals surface area contributed by atoms with E-state index in [4.69, 9.17) is 28.2 Å². The van der Waals surface area contributed by atoms with E-state index in [-0.39, 0.29) is 0 Å². The van der Waals surface area contributed by atoms with Crippen LogP contribution >= 0.6 is 34.5 Å². The van der Waals surface area contributed by atoms with Gasteiger partial charge in [-0.3, -0.25) is 0 Å². The van der Waals surface area contributed by atoms with Gasteiger partial charge in [0.1, 0.15) is 10.8 Å². The summed E-state index contributed by atoms with van der Waals surface area (Å²) in [5.41, 5.74) is 2.86. The zero-order valence-corrected chi connectivity index (χ0v) is 15.2. The molecular weight excluding hydrogens is 361 g/mol. The Morgan fingerprint density at radius 1 is 1.04 bits per heavy atom. The first-order valence-electron chi connectivity index (χ1n) is 7.83. The lowest BCUT2D eigenvalue weighted by Crippen LogP contribution is -2.18. The first-order valence-corrected chi connectivity index (χ1v) is 9.46. The Labute approximate surface area is 154 Å². The number of nitrogens with zero attached hydrogens (tertiary/aromatic N) is 3. The minimum absolute atomic E-state index is 0.617. The number of aromatic nitrogens is 2. The predicted octanol–water partition coefficient (Wildman–Crippen LogP) is 5.78. The number of anilines is 1. The van der Waals surface area contributed by atoms with Crippen LogP contribution in [0.3, 0.4) is 0 Å². The molecule has 0 unspecified atom stereocenters. The highest BCUT2D eigenvalue weighted by Gasteiger charge is 2.15. The molecule has 3 nitrogen and oxygen atoms in total. The fourth-order valence-electron chi connectivity index (χ4n) is 2.90. The molecule has 1 fully saturated rings. The maximum atomic E-state index is 6.29. The molecule has 0 spiro atoms. The molecular formula is C18H15Cl2N3S. The third kappa shape index (κ3) is 3.14. The molecule has 4 rings (SSSR count). The van der Waals surface area contributed by atoms with Gasteiger partial charge in [0, 0.05) is 40.8 Å². The van der Waals surface area contributed by atoms with Crippen molar-refractivity contribution in [2.24, 2.45) is 0 Å². The maximum absolute atomic E-state index is 6.29. The van der Waals surface area contributed by atoms with E-state index in [2.05, 4.69) is 16.0 Å². The second kappa shape index (κ2) is 6.71. The number of thiazole rings is 1. The van der Waals surface area contributed by atoms with Crippen molar-refractivity contribution in [1.29, 1.82) is 0 Å². The van der Waals surface area contributed by atoms with Gasteiger partial charge in [-0.25, -0.2) is 9.97 Å². The Morgan fingerprint density at radius 3 is 2.67 bits per heavy atom. The van der Waals surface area contributed by atoms with Crippen molar-refractivity contribution in [3.8, 4) is 21.8 Å². The summed E-state index contributed by atoms with van der Waals surface area (Å²) in [4.78, 5) is 11.6. The van der Waals surface area contributed by atoms with Gasteiger partial charge in [-0.05, 0) is 43.2 Å². The highest BCUT2D eigenvalue weighted by molar-refractivity contribution is 7.13. The monoisotopic (exact) mass is 375 g/mol. The summed E-state index contributed by atoms with van der Waals surface area (Å²) in [7, 11) is 0. The molecule has 0 amide bonds. The van der Waals surface area contributed by atoms with Crippen LogP contribution in [0.25, 0.3) is 21.8 Å². The second-order valence-electron chi connectivity index (χ2n) is 5.76. The van der Waals surface area contributed by atoms with Crippen LogP contribution in [-0.2, 0) is 0 Å². The number of pyridine rings is 1. The smallest absolute Gasteiger partial charge is 0.129 e. The summed E-state index contributed by atoms with van der Waals surface area (Å²) < 4.78 is 0. The van der Waals surface area contributed by atoms with Gasteiger partial charge in [0.25, 0.3) is 0 Å². The number of benzene rings is 1. The molecule has 0 N–H and O–H groups in total. The Kier molecular flexibility index (Phi) is 4.44. The van der Waals surface area contributed by atoms with Gasteiger partial charge in [-0.2, -0.15) is 0 Å². The summed E-state index contributed by atoms with van der Waals surface area (Å²) in [6, 6.07) is 9.61. The Bertz CT molecular complexity index is 872. The molecule has 24 heavy (non-hydrogen) atoms. The fourth-order valence-corrected chi connectivity index (χ4v) is 4.22. The molecule has 1 aliphatic rings. The standard InChI is InChI=1S/C18H15Cl2N3S/c19-13-3-4-14(15(20)10-13)16-11-24-18(22-16)12-5-6-21-17(9-12)23-7-1-2-8-23/h3-6,9-11H,1-2,7-8H2. The van der Waals surface area contributed by atoms with Crippen molar-refractivity contribution in [3.63, 3.8) is 0 Å². The van der Waals surface area contributed by atoms with Crippen LogP contribution < -0.4 is 4.90 Å². The van der Waals surface area contributed by atoms with E-state index in [1.807, 2.05) is 29.8 Å². The summed E-state index contributed by atoms with van der Waals surface area (Å²) in [5, 5.41) is 4.25. The Morgan fingerprint density at radius 2 is 1.88 bits per heavy atom. The van der Waals surface area contributed by atoms with Gasteiger partial charge in [0.15, 0.2) is 0 Å². The van der Waals surface area contributed by atoms with Crippen molar-refractivity contribution >= 4 is 40.4 Å². The van der Waals surface area contributed by atoms with Crippen molar-refractivity contribution in [3.05, 3.63) is 52.0 Å². The molecule has 1 aromatic carbocycles. The van der Waals surface area contributed by atoms with Crippen LogP contribution in [0.15, 0.2) is 41.9 Å². The zero-order valence-electron chi connectivity index (χ0n) is 12.9. The van der Waals surface area contributed by atoms with Crippen LogP contribution in [0.2, 0.25) is 10.0 Å². The third-order valence-corrected chi connectivity index (χ3v) is 5.57. The molecule has 3 heterocycles. The lowest BCUT2D eigenvalue weighted by molar-refractivity contribution is 0.938. The Hall–Kier alpha value is -1.62. The molecule has 122 valence electrons. The van der Waals surface area contributed by atoms with Crippen LogP contribution in [0.5, 0.6) is 0 Å². The van der Waals surface area contributed by atoms with E-state index >= 15 is 0 Å². The molecule has 2 aromatic heterocycles. The Balaban J connectivity index is 1.66. The van der Waals surface area contributed by atoms with Gasteiger partial charge >= 0.3 is 0 Å². The fraction of sp³-hybridized carbons (Fsp3) is 0.222. The molecule has 6 heteroatoms. The second-order valence-corrected chi connectivity index (χ2v) is 7.46. The largest absolute Gasteiger partial charge is 0.357 e. The van der Waals surface area contributed by atoms with Gasteiger partial charge in [-0.1, -0.05) is 23.2 Å². The summed E-state index contributed by atoms with van der Waals surface area (Å²) in [5.74, 6) is 1.03. The lowest BCUT2D eigenvalue weighted by Gasteiger charge is -2.16. The normalized spacial score (nSPS) is 14.3. The predicted molar refractivity (Wildman–Crippen MR) is 102 cm³/mol. The lowest BCUT2D eigenvalue weighted by atomic mass is 10.2. The van der Waals surface area contributed by atoms with Crippen molar-refractivity contribution < 1.29 is 0 Å². The molecule has 3 aromatic rings. The molecule has 0 bridgehead atoms. The van der Waals surface area contributed by atoms with Crippen molar-refractivity contribution in [2.75, 3.05) is 18.0 Å². The van der Waals surface area contributed by atoms with E-state index in [0.29, 0.717) is 10.0 Å². The zero-order chi connectivity index (χ0) is 16.5. The number of hydrogen-bond donors (Lipinski definition) is 0. The number of halogens is 2. The SMILES string of the molecule is Clc1ccc(-c2csc(-c3ccnc(N4CCCC4)c3)n2)c(Cl)c1. The van der Waals surface area contributed by atoms with Gasteiger partial charge in [0.05, 0.1) is 10.7 Å². The molecule has 0 radical (unpaired) electrons. The third-order valence-electron chi connectivity index (χ3n) is 4.13. The molecule has 0 aliphatic carbocycles. The topological polar surface area (TPSA) is 29.0 Å². The van der Waals surface area contributed by atoms with E-state index in [0.717, 1.165) is 40.7 Å². The average molecular weight is 376 g/mol. The first kappa shape index (κ1) is 15.9. The van der Waals surface area contributed by atoms with Crippen LogP contribution in [-0.4, -0.2) is 23.1 Å². The average Bonchev–Trinajstić information content (AvgIpc) is 3.27. The molecule has 1 aliphatic heterocycles. The highest BCUT2D eigenvalue weighted by atomic mass is 35.5. The quantitative estimate of drug-likeness (QED) is 0.580. The summed E-state index contributed by atoms with van der Waals surface area (Å²) >= 11 is 13.9. The molecule has 0 atom stereocenters. The minimum atomic E-state index is 0.617. The molecule has 0 saturated carbocycles. The summed E-state index contributed by atoms with van der Waals surface area (Å²) in [6.45, 7) is 2.17. The van der Waals surface area contributed by atoms with Crippen molar-refractivity contribution in [2.45, 2.75) is 12.8 Å². The number of rotatable bonds is 3.